The maximum absolute atomic E-state index is 12.3. The summed E-state index contributed by atoms with van der Waals surface area (Å²) in [5.41, 5.74) is 0.945. The predicted molar refractivity (Wildman–Crippen MR) is 79.2 cm³/mol. The average Bonchev–Trinajstić information content (AvgIpc) is 2.96. The second-order valence-electron chi connectivity index (χ2n) is 4.83. The molecular weight excluding hydrogens is 268 g/mol. The van der Waals surface area contributed by atoms with Crippen LogP contribution in [-0.4, -0.2) is 40.1 Å². The van der Waals surface area contributed by atoms with Gasteiger partial charge in [0, 0.05) is 25.6 Å². The number of nitrogens with zero attached hydrogens (tertiary/aromatic N) is 3. The summed E-state index contributed by atoms with van der Waals surface area (Å²) in [6.07, 6.45) is 1.75. The number of aromatic nitrogens is 3. The lowest BCUT2D eigenvalue weighted by Crippen LogP contribution is -2.27. The minimum Gasteiger partial charge on any atom is -0.496 e. The standard InChI is InChI=1S/C15H20N4O2/c1-4-7-13-16-14(18-17-13)15(20)19(2)10-11-8-5-6-9-12(11)21-3/h5-6,8-9H,4,7,10H2,1-3H3,(H,16,17,18). The summed E-state index contributed by atoms with van der Waals surface area (Å²) in [6.45, 7) is 2.50. The smallest absolute Gasteiger partial charge is 0.293 e. The summed E-state index contributed by atoms with van der Waals surface area (Å²) in [5.74, 6) is 1.50. The lowest BCUT2D eigenvalue weighted by atomic mass is 10.2. The van der Waals surface area contributed by atoms with E-state index in [1.807, 2.05) is 24.3 Å². The number of aromatic amines is 1. The van der Waals surface area contributed by atoms with Gasteiger partial charge in [-0.3, -0.25) is 9.89 Å². The molecule has 1 amide bonds. The zero-order valence-electron chi connectivity index (χ0n) is 12.6. The fraction of sp³-hybridized carbons (Fsp3) is 0.400. The van der Waals surface area contributed by atoms with Crippen LogP contribution in [0.15, 0.2) is 24.3 Å². The van der Waals surface area contributed by atoms with Gasteiger partial charge in [-0.25, -0.2) is 4.98 Å². The van der Waals surface area contributed by atoms with Crippen molar-refractivity contribution in [1.82, 2.24) is 20.1 Å². The van der Waals surface area contributed by atoms with Crippen LogP contribution in [0.2, 0.25) is 0 Å². The fourth-order valence-corrected chi connectivity index (χ4v) is 2.07. The van der Waals surface area contributed by atoms with Crippen LogP contribution in [0.4, 0.5) is 0 Å². The number of rotatable bonds is 6. The fourth-order valence-electron chi connectivity index (χ4n) is 2.07. The molecule has 1 N–H and O–H groups in total. The third-order valence-electron chi connectivity index (χ3n) is 3.16. The van der Waals surface area contributed by atoms with Crippen LogP contribution >= 0.6 is 0 Å². The Bertz CT molecular complexity index is 609. The average molecular weight is 288 g/mol. The van der Waals surface area contributed by atoms with Crippen molar-refractivity contribution in [2.75, 3.05) is 14.2 Å². The van der Waals surface area contributed by atoms with Crippen LogP contribution < -0.4 is 4.74 Å². The van der Waals surface area contributed by atoms with Crippen molar-refractivity contribution in [2.45, 2.75) is 26.3 Å². The highest BCUT2D eigenvalue weighted by Crippen LogP contribution is 2.19. The molecule has 0 saturated carbocycles. The summed E-state index contributed by atoms with van der Waals surface area (Å²) in [7, 11) is 3.34. The van der Waals surface area contributed by atoms with E-state index in [-0.39, 0.29) is 11.7 Å². The first-order valence-corrected chi connectivity index (χ1v) is 6.94. The number of H-pyrrole nitrogens is 1. The van der Waals surface area contributed by atoms with E-state index in [4.69, 9.17) is 4.74 Å². The Labute approximate surface area is 124 Å². The summed E-state index contributed by atoms with van der Waals surface area (Å²) in [4.78, 5) is 18.1. The predicted octanol–water partition coefficient (Wildman–Crippen LogP) is 2.04. The van der Waals surface area contributed by atoms with E-state index in [0.29, 0.717) is 6.54 Å². The molecule has 0 fully saturated rings. The van der Waals surface area contributed by atoms with Gasteiger partial charge in [-0.05, 0) is 12.5 Å². The summed E-state index contributed by atoms with van der Waals surface area (Å²) < 4.78 is 5.29. The van der Waals surface area contributed by atoms with Crippen LogP contribution in [0, 0.1) is 0 Å². The van der Waals surface area contributed by atoms with E-state index in [1.54, 1.807) is 19.1 Å². The zero-order valence-corrected chi connectivity index (χ0v) is 12.6. The van der Waals surface area contributed by atoms with Gasteiger partial charge in [-0.15, -0.1) is 5.10 Å². The SMILES string of the molecule is CCCc1nc(C(=O)N(C)Cc2ccccc2OC)n[nH]1. The van der Waals surface area contributed by atoms with Crippen LogP contribution in [0.1, 0.15) is 35.4 Å². The number of carbonyl (C=O) groups excluding carboxylic acids is 1. The van der Waals surface area contributed by atoms with Crippen LogP contribution in [-0.2, 0) is 13.0 Å². The molecule has 2 rings (SSSR count). The molecule has 0 unspecified atom stereocenters. The highest BCUT2D eigenvalue weighted by Gasteiger charge is 2.18. The molecule has 0 saturated heterocycles. The minimum absolute atomic E-state index is 0.204. The molecule has 6 heteroatoms. The minimum atomic E-state index is -0.209. The normalized spacial score (nSPS) is 10.4. The van der Waals surface area contributed by atoms with Crippen molar-refractivity contribution in [3.63, 3.8) is 0 Å². The van der Waals surface area contributed by atoms with Gasteiger partial charge >= 0.3 is 0 Å². The van der Waals surface area contributed by atoms with Gasteiger partial charge in [0.1, 0.15) is 11.6 Å². The summed E-state index contributed by atoms with van der Waals surface area (Å²) in [6, 6.07) is 7.63. The number of amides is 1. The first-order valence-electron chi connectivity index (χ1n) is 6.94. The molecule has 0 atom stereocenters. The molecule has 0 aliphatic rings. The number of hydrogen-bond acceptors (Lipinski definition) is 4. The van der Waals surface area contributed by atoms with Gasteiger partial charge in [0.15, 0.2) is 0 Å². The van der Waals surface area contributed by atoms with E-state index >= 15 is 0 Å². The Hall–Kier alpha value is -2.37. The van der Waals surface area contributed by atoms with E-state index in [1.165, 1.54) is 0 Å². The number of para-hydroxylation sites is 1. The molecule has 112 valence electrons. The van der Waals surface area contributed by atoms with Crippen molar-refractivity contribution < 1.29 is 9.53 Å². The maximum Gasteiger partial charge on any atom is 0.293 e. The molecular formula is C15H20N4O2. The largest absolute Gasteiger partial charge is 0.496 e. The van der Waals surface area contributed by atoms with Crippen LogP contribution in [0.3, 0.4) is 0 Å². The van der Waals surface area contributed by atoms with Crippen molar-refractivity contribution in [2.24, 2.45) is 0 Å². The monoisotopic (exact) mass is 288 g/mol. The number of benzene rings is 1. The second-order valence-corrected chi connectivity index (χ2v) is 4.83. The second kappa shape index (κ2) is 6.88. The summed E-state index contributed by atoms with van der Waals surface area (Å²) >= 11 is 0. The van der Waals surface area contributed by atoms with Crippen molar-refractivity contribution >= 4 is 5.91 Å². The van der Waals surface area contributed by atoms with E-state index in [9.17, 15) is 4.79 Å². The summed E-state index contributed by atoms with van der Waals surface area (Å²) in [5, 5.41) is 6.78. The maximum atomic E-state index is 12.3. The Morgan fingerprint density at radius 1 is 1.38 bits per heavy atom. The lowest BCUT2D eigenvalue weighted by molar-refractivity contribution is 0.0772. The van der Waals surface area contributed by atoms with E-state index in [0.717, 1.165) is 30.0 Å². The highest BCUT2D eigenvalue weighted by atomic mass is 16.5. The van der Waals surface area contributed by atoms with Crippen molar-refractivity contribution in [3.05, 3.63) is 41.5 Å². The zero-order chi connectivity index (χ0) is 15.2. The molecule has 1 aromatic carbocycles. The first-order chi connectivity index (χ1) is 10.2. The van der Waals surface area contributed by atoms with Gasteiger partial charge in [-0.1, -0.05) is 25.1 Å². The number of hydrogen-bond donors (Lipinski definition) is 1. The number of ether oxygens (including phenoxy) is 1. The molecule has 21 heavy (non-hydrogen) atoms. The molecule has 0 aliphatic heterocycles. The Morgan fingerprint density at radius 3 is 2.86 bits per heavy atom. The van der Waals surface area contributed by atoms with Crippen molar-refractivity contribution in [3.8, 4) is 5.75 Å². The number of carbonyl (C=O) groups is 1. The van der Waals surface area contributed by atoms with Gasteiger partial charge in [-0.2, -0.15) is 0 Å². The van der Waals surface area contributed by atoms with E-state index in [2.05, 4.69) is 22.1 Å². The topological polar surface area (TPSA) is 71.1 Å². The highest BCUT2D eigenvalue weighted by molar-refractivity contribution is 5.90. The quantitative estimate of drug-likeness (QED) is 0.883. The number of methoxy groups -OCH3 is 1. The molecule has 0 spiro atoms. The van der Waals surface area contributed by atoms with Gasteiger partial charge in [0.05, 0.1) is 7.11 Å². The molecule has 1 heterocycles. The molecule has 0 radical (unpaired) electrons. The molecule has 2 aromatic rings. The van der Waals surface area contributed by atoms with Crippen LogP contribution in [0.25, 0.3) is 0 Å². The van der Waals surface area contributed by atoms with Crippen molar-refractivity contribution in [1.29, 1.82) is 0 Å². The first kappa shape index (κ1) is 15.0. The molecule has 0 bridgehead atoms. The molecule has 6 nitrogen and oxygen atoms in total. The molecule has 1 aromatic heterocycles. The Kier molecular flexibility index (Phi) is 4.92. The number of aryl methyl sites for hydroxylation is 1. The van der Waals surface area contributed by atoms with Gasteiger partial charge < -0.3 is 9.64 Å². The van der Waals surface area contributed by atoms with E-state index < -0.39 is 0 Å². The van der Waals surface area contributed by atoms with Gasteiger partial charge in [0.2, 0.25) is 5.82 Å². The Balaban J connectivity index is 2.08. The van der Waals surface area contributed by atoms with Gasteiger partial charge in [0.25, 0.3) is 5.91 Å². The van der Waals surface area contributed by atoms with Crippen LogP contribution in [0.5, 0.6) is 5.75 Å². The number of nitrogens with one attached hydrogen (secondary N) is 1. The third-order valence-corrected chi connectivity index (χ3v) is 3.16. The molecule has 0 aliphatic carbocycles. The third kappa shape index (κ3) is 3.59. The lowest BCUT2D eigenvalue weighted by Gasteiger charge is -2.17. The Morgan fingerprint density at radius 2 is 2.14 bits per heavy atom.